The first-order valence-electron chi connectivity index (χ1n) is 2.77. The second kappa shape index (κ2) is 5.77. The maximum Gasteiger partial charge on any atom is 0.108 e. The number of rotatable bonds is 2. The molecular weight excluding hydrogens is 188 g/mol. The molecule has 4 heteroatoms. The van der Waals surface area contributed by atoms with Crippen molar-refractivity contribution in [1.82, 2.24) is 0 Å². The molecule has 0 aliphatic rings. The summed E-state index contributed by atoms with van der Waals surface area (Å²) in [6, 6.07) is 0. The molecule has 0 radical (unpaired) electrons. The van der Waals surface area contributed by atoms with Crippen molar-refractivity contribution in [3.05, 3.63) is 0 Å². The van der Waals surface area contributed by atoms with Crippen LogP contribution in [0.25, 0.3) is 0 Å². The molecule has 0 aromatic heterocycles. The van der Waals surface area contributed by atoms with Crippen LogP contribution < -0.4 is 0 Å². The van der Waals surface area contributed by atoms with Crippen molar-refractivity contribution in [2.45, 2.75) is 13.8 Å². The Hall–Kier alpha value is 1.01. The van der Waals surface area contributed by atoms with Crippen LogP contribution in [0.2, 0.25) is 0 Å². The highest BCUT2D eigenvalue weighted by Crippen LogP contribution is 2.07. The van der Waals surface area contributed by atoms with Crippen LogP contribution in [0.3, 0.4) is 0 Å². The SMILES string of the molecule is CCSC(=S)S(=S)CC. The van der Waals surface area contributed by atoms with Gasteiger partial charge in [0, 0.05) is 5.75 Å². The van der Waals surface area contributed by atoms with Crippen molar-refractivity contribution in [2.24, 2.45) is 0 Å². The number of thiocarbonyl (C=S) groups is 1. The predicted molar refractivity (Wildman–Crippen MR) is 56.0 cm³/mol. The molecule has 0 spiro atoms. The Bertz CT molecular complexity index is 118. The van der Waals surface area contributed by atoms with E-state index in [2.05, 4.69) is 13.8 Å². The minimum Gasteiger partial charge on any atom is -0.108 e. The molecule has 0 N–H and O–H groups in total. The van der Waals surface area contributed by atoms with Crippen LogP contribution in [0.4, 0.5) is 0 Å². The lowest BCUT2D eigenvalue weighted by Gasteiger charge is -1.99. The molecule has 0 bridgehead atoms. The van der Waals surface area contributed by atoms with E-state index >= 15 is 0 Å². The van der Waals surface area contributed by atoms with E-state index < -0.39 is 0 Å². The molecular formula is C5H10S4. The van der Waals surface area contributed by atoms with Gasteiger partial charge in [0.05, 0.1) is 0 Å². The van der Waals surface area contributed by atoms with Crippen LogP contribution in [-0.2, 0) is 20.6 Å². The summed E-state index contributed by atoms with van der Waals surface area (Å²) in [5.74, 6) is 2.07. The van der Waals surface area contributed by atoms with Gasteiger partial charge in [0.15, 0.2) is 0 Å². The first-order valence-corrected chi connectivity index (χ1v) is 6.48. The van der Waals surface area contributed by atoms with Gasteiger partial charge in [-0.25, -0.2) is 0 Å². The van der Waals surface area contributed by atoms with Crippen LogP contribution in [-0.4, -0.2) is 15.0 Å². The van der Waals surface area contributed by atoms with Gasteiger partial charge in [-0.2, -0.15) is 0 Å². The highest BCUT2D eigenvalue weighted by Gasteiger charge is 1.97. The van der Waals surface area contributed by atoms with E-state index in [0.717, 1.165) is 15.0 Å². The monoisotopic (exact) mass is 198 g/mol. The topological polar surface area (TPSA) is 0 Å². The summed E-state index contributed by atoms with van der Waals surface area (Å²) in [5.41, 5.74) is 0. The van der Waals surface area contributed by atoms with Gasteiger partial charge < -0.3 is 0 Å². The largest absolute Gasteiger partial charge is 0.108 e. The summed E-state index contributed by atoms with van der Waals surface area (Å²) < 4.78 is 1.01. The Balaban J connectivity index is 3.60. The third-order valence-corrected chi connectivity index (χ3v) is 5.89. The summed E-state index contributed by atoms with van der Waals surface area (Å²) in [5, 5.41) is 0. The molecule has 0 nitrogen and oxygen atoms in total. The number of hydrogen-bond donors (Lipinski definition) is 0. The van der Waals surface area contributed by atoms with E-state index in [1.54, 1.807) is 11.8 Å². The molecule has 0 aromatic rings. The van der Waals surface area contributed by atoms with E-state index in [0.29, 0.717) is 0 Å². The lowest BCUT2D eigenvalue weighted by Crippen LogP contribution is -2.00. The summed E-state index contributed by atoms with van der Waals surface area (Å²) in [6.07, 6.45) is 0. The Morgan fingerprint density at radius 1 is 1.56 bits per heavy atom. The molecule has 0 rings (SSSR count). The lowest BCUT2D eigenvalue weighted by atomic mass is 11.0. The molecule has 0 aliphatic heterocycles. The summed E-state index contributed by atoms with van der Waals surface area (Å²) in [7, 11) is -0.0438. The van der Waals surface area contributed by atoms with Gasteiger partial charge in [0.25, 0.3) is 0 Å². The van der Waals surface area contributed by atoms with Crippen molar-refractivity contribution in [1.29, 1.82) is 0 Å². The molecule has 0 saturated heterocycles. The Morgan fingerprint density at radius 2 is 2.11 bits per heavy atom. The molecule has 0 aliphatic carbocycles. The quantitative estimate of drug-likeness (QED) is 0.624. The fourth-order valence-electron chi connectivity index (χ4n) is 0.301. The zero-order valence-corrected chi connectivity index (χ0v) is 8.81. The van der Waals surface area contributed by atoms with Crippen molar-refractivity contribution < 1.29 is 0 Å². The van der Waals surface area contributed by atoms with Crippen LogP contribution >= 0.6 is 24.0 Å². The van der Waals surface area contributed by atoms with Crippen LogP contribution in [0.15, 0.2) is 0 Å². The van der Waals surface area contributed by atoms with Gasteiger partial charge >= 0.3 is 0 Å². The maximum atomic E-state index is 5.09. The van der Waals surface area contributed by atoms with Gasteiger partial charge in [0.2, 0.25) is 0 Å². The van der Waals surface area contributed by atoms with Gasteiger partial charge in [-0.3, -0.25) is 0 Å². The van der Waals surface area contributed by atoms with Crippen molar-refractivity contribution in [3.63, 3.8) is 0 Å². The van der Waals surface area contributed by atoms with E-state index in [-0.39, 0.29) is 9.45 Å². The smallest absolute Gasteiger partial charge is 0.108 e. The zero-order chi connectivity index (χ0) is 7.28. The molecule has 0 heterocycles. The predicted octanol–water partition coefficient (Wildman–Crippen LogP) is 2.12. The third kappa shape index (κ3) is 4.42. The highest BCUT2D eigenvalue weighted by molar-refractivity contribution is 8.55. The fraction of sp³-hybridized carbons (Fsp3) is 0.800. The highest BCUT2D eigenvalue weighted by atomic mass is 32.8. The van der Waals surface area contributed by atoms with Gasteiger partial charge in [0.1, 0.15) is 3.53 Å². The zero-order valence-electron chi connectivity index (χ0n) is 5.55. The first-order chi connectivity index (χ1) is 4.22. The number of hydrogen-bond acceptors (Lipinski definition) is 3. The van der Waals surface area contributed by atoms with Crippen LogP contribution in [0, 0.1) is 0 Å². The fourth-order valence-corrected chi connectivity index (χ4v) is 3.15. The number of thioether (sulfide) groups is 1. The Morgan fingerprint density at radius 3 is 2.44 bits per heavy atom. The Labute approximate surface area is 73.4 Å². The second-order valence-corrected chi connectivity index (χ2v) is 6.66. The van der Waals surface area contributed by atoms with E-state index in [4.69, 9.17) is 23.4 Å². The minimum absolute atomic E-state index is 0.0438. The Kier molecular flexibility index (Phi) is 6.42. The standard InChI is InChI=1S/C5H10S4/c1-3-8-5(6)9(7)4-2/h3-4H2,1-2H3. The van der Waals surface area contributed by atoms with Gasteiger partial charge in [-0.05, 0) is 16.9 Å². The van der Waals surface area contributed by atoms with Gasteiger partial charge in [-0.15, -0.1) is 11.8 Å². The van der Waals surface area contributed by atoms with E-state index in [1.165, 1.54) is 0 Å². The summed E-state index contributed by atoms with van der Waals surface area (Å²) in [6.45, 7) is 4.18. The minimum atomic E-state index is -0.0438. The molecule has 9 heavy (non-hydrogen) atoms. The van der Waals surface area contributed by atoms with Crippen LogP contribution in [0.1, 0.15) is 13.8 Å². The third-order valence-electron chi connectivity index (χ3n) is 0.710. The maximum absolute atomic E-state index is 5.09. The molecule has 1 atom stereocenters. The summed E-state index contributed by atoms with van der Waals surface area (Å²) in [4.78, 5) is 0. The second-order valence-electron chi connectivity index (χ2n) is 1.32. The van der Waals surface area contributed by atoms with E-state index in [9.17, 15) is 0 Å². The first kappa shape index (κ1) is 10.0. The average Bonchev–Trinajstić information content (AvgIpc) is 1.87. The molecule has 0 amide bonds. The van der Waals surface area contributed by atoms with Gasteiger partial charge in [-0.1, -0.05) is 35.5 Å². The molecule has 0 fully saturated rings. The molecule has 0 aromatic carbocycles. The average molecular weight is 198 g/mol. The lowest BCUT2D eigenvalue weighted by molar-refractivity contribution is 1.53. The normalized spacial score (nSPS) is 13.1. The molecule has 0 saturated carbocycles. The molecule has 54 valence electrons. The van der Waals surface area contributed by atoms with Crippen LogP contribution in [0.5, 0.6) is 0 Å². The van der Waals surface area contributed by atoms with Crippen molar-refractivity contribution >= 4 is 48.2 Å². The van der Waals surface area contributed by atoms with E-state index in [1.807, 2.05) is 0 Å². The summed E-state index contributed by atoms with van der Waals surface area (Å²) >= 11 is 11.8. The van der Waals surface area contributed by atoms with Crippen molar-refractivity contribution in [2.75, 3.05) is 11.5 Å². The van der Waals surface area contributed by atoms with Crippen molar-refractivity contribution in [3.8, 4) is 0 Å². The molecule has 1 unspecified atom stereocenters.